The van der Waals surface area contributed by atoms with E-state index in [9.17, 15) is 0 Å². The largest absolute Gasteiger partial charge is 0.0953 e. The first-order chi connectivity index (χ1) is 5.05. The Morgan fingerprint density at radius 3 is 2.73 bits per heavy atom. The van der Waals surface area contributed by atoms with Crippen LogP contribution in [0.15, 0.2) is 23.8 Å². The summed E-state index contributed by atoms with van der Waals surface area (Å²) in [6, 6.07) is 0. The van der Waals surface area contributed by atoms with Gasteiger partial charge in [0.15, 0.2) is 0 Å². The molecule has 2 rings (SSSR count). The van der Waals surface area contributed by atoms with Gasteiger partial charge in [-0.15, -0.1) is 0 Å². The molecule has 0 bridgehead atoms. The number of fused-ring (bicyclic) bond motifs is 1. The Bertz CT molecular complexity index is 243. The molecule has 2 aliphatic rings. The number of hydrogen-bond donors (Lipinski definition) is 0. The van der Waals surface area contributed by atoms with Crippen molar-refractivity contribution in [3.8, 4) is 0 Å². The van der Waals surface area contributed by atoms with Crippen molar-refractivity contribution in [3.05, 3.63) is 23.8 Å². The molecule has 0 aliphatic heterocycles. The molecule has 0 aromatic rings. The lowest BCUT2D eigenvalue weighted by Crippen LogP contribution is -1.96. The van der Waals surface area contributed by atoms with Crippen LogP contribution < -0.4 is 0 Å². The zero-order valence-electron chi connectivity index (χ0n) is 7.65. The molecule has 0 nitrogen and oxygen atoms in total. The molecular weight excluding hydrogens is 132 g/mol. The van der Waals surface area contributed by atoms with Crippen LogP contribution in [-0.2, 0) is 0 Å². The predicted octanol–water partition coefficient (Wildman–Crippen LogP) is 3.16. The smallest absolute Gasteiger partial charge is 0.00744 e. The molecule has 2 unspecified atom stereocenters. The van der Waals surface area contributed by atoms with Crippen LogP contribution in [0.4, 0.5) is 0 Å². The van der Waals surface area contributed by atoms with Gasteiger partial charge in [-0.05, 0) is 36.2 Å². The van der Waals surface area contributed by atoms with Crippen LogP contribution in [0, 0.1) is 17.3 Å². The van der Waals surface area contributed by atoms with Crippen LogP contribution in [0.3, 0.4) is 0 Å². The fraction of sp³-hybridized carbons (Fsp3) is 0.636. The van der Waals surface area contributed by atoms with Crippen LogP contribution in [0.5, 0.6) is 0 Å². The van der Waals surface area contributed by atoms with Crippen molar-refractivity contribution in [2.75, 3.05) is 0 Å². The molecule has 0 saturated heterocycles. The summed E-state index contributed by atoms with van der Waals surface area (Å²) in [5.41, 5.74) is 3.37. The average Bonchev–Trinajstić information content (AvgIpc) is 2.46. The zero-order valence-corrected chi connectivity index (χ0v) is 7.65. The highest BCUT2D eigenvalue weighted by Gasteiger charge is 2.59. The topological polar surface area (TPSA) is 0 Å². The van der Waals surface area contributed by atoms with Gasteiger partial charge in [-0.1, -0.05) is 32.1 Å². The molecule has 1 fully saturated rings. The van der Waals surface area contributed by atoms with E-state index in [0.29, 0.717) is 5.41 Å². The van der Waals surface area contributed by atoms with Crippen molar-refractivity contribution >= 4 is 0 Å². The monoisotopic (exact) mass is 148 g/mol. The summed E-state index contributed by atoms with van der Waals surface area (Å²) in [7, 11) is 0. The van der Waals surface area contributed by atoms with Gasteiger partial charge in [0.1, 0.15) is 0 Å². The van der Waals surface area contributed by atoms with Crippen molar-refractivity contribution < 1.29 is 0 Å². The highest BCUT2D eigenvalue weighted by molar-refractivity contribution is 5.40. The Morgan fingerprint density at radius 2 is 2.18 bits per heavy atom. The molecule has 0 spiro atoms. The Labute approximate surface area is 69.0 Å². The Hall–Kier alpha value is -0.520. The predicted molar refractivity (Wildman–Crippen MR) is 48.3 cm³/mol. The summed E-state index contributed by atoms with van der Waals surface area (Å²) >= 11 is 0. The molecule has 2 aliphatic carbocycles. The molecule has 60 valence electrons. The van der Waals surface area contributed by atoms with Gasteiger partial charge in [-0.2, -0.15) is 0 Å². The summed E-state index contributed by atoms with van der Waals surface area (Å²) in [5, 5.41) is 0. The maximum Gasteiger partial charge on any atom is -0.00744 e. The van der Waals surface area contributed by atoms with Crippen molar-refractivity contribution in [2.24, 2.45) is 17.3 Å². The van der Waals surface area contributed by atoms with E-state index in [2.05, 4.69) is 33.4 Å². The minimum Gasteiger partial charge on any atom is -0.0953 e. The number of allylic oxidation sites excluding steroid dienone is 3. The minimum absolute atomic E-state index is 0.547. The maximum absolute atomic E-state index is 4.15. The fourth-order valence-electron chi connectivity index (χ4n) is 2.56. The van der Waals surface area contributed by atoms with Gasteiger partial charge in [0.05, 0.1) is 0 Å². The van der Waals surface area contributed by atoms with Crippen LogP contribution in [0.25, 0.3) is 0 Å². The van der Waals surface area contributed by atoms with E-state index in [1.54, 1.807) is 0 Å². The lowest BCUT2D eigenvalue weighted by Gasteiger charge is -2.10. The van der Waals surface area contributed by atoms with Crippen molar-refractivity contribution in [1.82, 2.24) is 0 Å². The average molecular weight is 148 g/mol. The van der Waals surface area contributed by atoms with Gasteiger partial charge < -0.3 is 0 Å². The summed E-state index contributed by atoms with van der Waals surface area (Å²) in [6.07, 6.45) is 3.63. The Morgan fingerprint density at radius 1 is 1.55 bits per heavy atom. The molecule has 2 atom stereocenters. The maximum atomic E-state index is 4.15. The molecule has 0 heterocycles. The third-order valence-corrected chi connectivity index (χ3v) is 3.61. The molecule has 0 heteroatoms. The molecule has 0 aromatic carbocycles. The van der Waals surface area contributed by atoms with E-state index in [4.69, 9.17) is 0 Å². The summed E-state index contributed by atoms with van der Waals surface area (Å²) in [6.45, 7) is 11.1. The normalized spacial score (nSPS) is 39.5. The summed E-state index contributed by atoms with van der Waals surface area (Å²) < 4.78 is 0. The van der Waals surface area contributed by atoms with Gasteiger partial charge in [-0.25, -0.2) is 0 Å². The van der Waals surface area contributed by atoms with E-state index in [1.807, 2.05) is 0 Å². The van der Waals surface area contributed by atoms with E-state index in [1.165, 1.54) is 17.6 Å². The Kier molecular flexibility index (Phi) is 1.17. The number of rotatable bonds is 0. The van der Waals surface area contributed by atoms with E-state index in [0.717, 1.165) is 11.8 Å². The van der Waals surface area contributed by atoms with Crippen LogP contribution in [0.1, 0.15) is 27.2 Å². The van der Waals surface area contributed by atoms with E-state index < -0.39 is 0 Å². The van der Waals surface area contributed by atoms with Crippen LogP contribution >= 0.6 is 0 Å². The SMILES string of the molecule is C=C1C(C)=CCC2C1C2(C)C. The first-order valence-electron chi connectivity index (χ1n) is 4.41. The van der Waals surface area contributed by atoms with Crippen molar-refractivity contribution in [1.29, 1.82) is 0 Å². The molecule has 1 saturated carbocycles. The van der Waals surface area contributed by atoms with Gasteiger partial charge in [0, 0.05) is 0 Å². The van der Waals surface area contributed by atoms with E-state index >= 15 is 0 Å². The van der Waals surface area contributed by atoms with Crippen LogP contribution in [0.2, 0.25) is 0 Å². The van der Waals surface area contributed by atoms with Crippen LogP contribution in [-0.4, -0.2) is 0 Å². The standard InChI is InChI=1S/C11H16/c1-7-5-6-9-10(8(7)2)11(9,3)4/h5,9-10H,2,6H2,1,3-4H3. The molecule has 0 radical (unpaired) electrons. The highest BCUT2D eigenvalue weighted by Crippen LogP contribution is 2.65. The summed E-state index contributed by atoms with van der Waals surface area (Å²) in [5.74, 6) is 1.70. The lowest BCUT2D eigenvalue weighted by atomic mass is 9.96. The van der Waals surface area contributed by atoms with Crippen molar-refractivity contribution in [2.45, 2.75) is 27.2 Å². The molecular formula is C11H16. The fourth-order valence-corrected chi connectivity index (χ4v) is 2.56. The van der Waals surface area contributed by atoms with Gasteiger partial charge in [-0.3, -0.25) is 0 Å². The second-order valence-corrected chi connectivity index (χ2v) is 4.55. The van der Waals surface area contributed by atoms with Crippen molar-refractivity contribution in [3.63, 3.8) is 0 Å². The Balaban J connectivity index is 2.29. The number of hydrogen-bond acceptors (Lipinski definition) is 0. The zero-order chi connectivity index (χ0) is 8.22. The third-order valence-electron chi connectivity index (χ3n) is 3.61. The van der Waals surface area contributed by atoms with Gasteiger partial charge >= 0.3 is 0 Å². The minimum atomic E-state index is 0.547. The quantitative estimate of drug-likeness (QED) is 0.495. The third kappa shape index (κ3) is 0.756. The molecule has 0 amide bonds. The van der Waals surface area contributed by atoms with E-state index in [-0.39, 0.29) is 0 Å². The van der Waals surface area contributed by atoms with Gasteiger partial charge in [0.2, 0.25) is 0 Å². The molecule has 0 N–H and O–H groups in total. The first-order valence-corrected chi connectivity index (χ1v) is 4.41. The molecule has 0 aromatic heterocycles. The summed E-state index contributed by atoms with van der Waals surface area (Å²) in [4.78, 5) is 0. The highest BCUT2D eigenvalue weighted by atomic mass is 14.6. The second kappa shape index (κ2) is 1.80. The second-order valence-electron chi connectivity index (χ2n) is 4.55. The van der Waals surface area contributed by atoms with Gasteiger partial charge in [0.25, 0.3) is 0 Å². The first kappa shape index (κ1) is 7.15. The molecule has 11 heavy (non-hydrogen) atoms. The lowest BCUT2D eigenvalue weighted by molar-refractivity contribution is 0.555.